The molecule has 4 rings (SSSR count). The van der Waals surface area contributed by atoms with Gasteiger partial charge in [-0.2, -0.15) is 0 Å². The first-order valence-electron chi connectivity index (χ1n) is 8.29. The Morgan fingerprint density at radius 3 is 2.66 bits per heavy atom. The average Bonchev–Trinajstić information content (AvgIpc) is 3.23. The summed E-state index contributed by atoms with van der Waals surface area (Å²) in [6.07, 6.45) is 0. The van der Waals surface area contributed by atoms with Gasteiger partial charge in [0.25, 0.3) is 0 Å². The predicted molar refractivity (Wildman–Crippen MR) is 120 cm³/mol. The lowest BCUT2D eigenvalue weighted by Gasteiger charge is -2.10. The number of rotatable bonds is 5. The van der Waals surface area contributed by atoms with Crippen LogP contribution in [0.4, 0.5) is 0 Å². The second-order valence-corrected chi connectivity index (χ2v) is 9.35. The van der Waals surface area contributed by atoms with E-state index in [1.165, 1.54) is 11.3 Å². The average molecular weight is 485 g/mol. The number of halogens is 3. The number of nitrogens with zero attached hydrogens (tertiary/aromatic N) is 3. The molecule has 0 saturated heterocycles. The maximum Gasteiger partial charge on any atom is 0.313 e. The number of aryl methyl sites for hydroxylation is 1. The Kier molecular flexibility index (Phi) is 5.77. The molecule has 148 valence electrons. The van der Waals surface area contributed by atoms with Gasteiger partial charge >= 0.3 is 5.97 Å². The monoisotopic (exact) mass is 483 g/mol. The molecule has 0 atom stereocenters. The molecule has 0 amide bonds. The fourth-order valence-corrected chi connectivity index (χ4v) is 5.36. The van der Waals surface area contributed by atoms with Gasteiger partial charge in [-0.05, 0) is 36.8 Å². The molecule has 0 bridgehead atoms. The van der Waals surface area contributed by atoms with Crippen molar-refractivity contribution >= 4 is 74.0 Å². The lowest BCUT2D eigenvalue weighted by Crippen LogP contribution is -2.03. The highest BCUT2D eigenvalue weighted by Gasteiger charge is 2.22. The van der Waals surface area contributed by atoms with Gasteiger partial charge in [-0.1, -0.05) is 58.7 Å². The van der Waals surface area contributed by atoms with E-state index >= 15 is 0 Å². The molecule has 5 nitrogen and oxygen atoms in total. The van der Waals surface area contributed by atoms with E-state index in [0.29, 0.717) is 31.7 Å². The van der Waals surface area contributed by atoms with Crippen molar-refractivity contribution in [3.63, 3.8) is 0 Å². The van der Waals surface area contributed by atoms with Crippen LogP contribution in [-0.4, -0.2) is 31.6 Å². The standard InChI is InChI=1S/C19H12Cl3N3O2S2/c1-9-2-4-11-14(6-9)29-17(16(11)22)18-23-24-19(28-8-15(26)27)25(18)10-3-5-12(20)13(21)7-10/h2-7H,8H2,1H3,(H,26,27). The summed E-state index contributed by atoms with van der Waals surface area (Å²) in [7, 11) is 0. The third-order valence-electron chi connectivity index (χ3n) is 4.11. The van der Waals surface area contributed by atoms with Crippen LogP contribution in [0.5, 0.6) is 0 Å². The Bertz CT molecular complexity index is 1250. The smallest absolute Gasteiger partial charge is 0.313 e. The van der Waals surface area contributed by atoms with E-state index in [-0.39, 0.29) is 5.75 Å². The molecule has 29 heavy (non-hydrogen) atoms. The van der Waals surface area contributed by atoms with Gasteiger partial charge in [0, 0.05) is 10.1 Å². The number of thiophene rings is 1. The number of thioether (sulfide) groups is 1. The Labute approximate surface area is 189 Å². The number of hydrogen-bond donors (Lipinski definition) is 1. The SMILES string of the molecule is Cc1ccc2c(Cl)c(-c3nnc(SCC(=O)O)n3-c3ccc(Cl)c(Cl)c3)sc2c1. The zero-order chi connectivity index (χ0) is 20.7. The molecule has 2 aromatic heterocycles. The molecule has 1 N–H and O–H groups in total. The zero-order valence-electron chi connectivity index (χ0n) is 14.8. The second kappa shape index (κ2) is 8.16. The number of hydrogen-bond acceptors (Lipinski definition) is 5. The Morgan fingerprint density at radius 1 is 1.14 bits per heavy atom. The Balaban J connectivity index is 1.93. The Hall–Kier alpha value is -1.77. The van der Waals surface area contributed by atoms with E-state index in [9.17, 15) is 4.79 Å². The minimum absolute atomic E-state index is 0.154. The Morgan fingerprint density at radius 2 is 1.93 bits per heavy atom. The molecule has 0 spiro atoms. The summed E-state index contributed by atoms with van der Waals surface area (Å²) in [5, 5.41) is 20.3. The van der Waals surface area contributed by atoms with Crippen molar-refractivity contribution in [2.45, 2.75) is 12.1 Å². The second-order valence-electron chi connectivity index (χ2n) is 6.17. The molecule has 0 aliphatic rings. The van der Waals surface area contributed by atoms with Crippen molar-refractivity contribution in [3.8, 4) is 16.4 Å². The summed E-state index contributed by atoms with van der Waals surface area (Å²) in [6.45, 7) is 2.02. The molecule has 0 aliphatic heterocycles. The highest BCUT2D eigenvalue weighted by molar-refractivity contribution is 7.99. The van der Waals surface area contributed by atoms with E-state index in [0.717, 1.165) is 32.3 Å². The molecule has 0 unspecified atom stereocenters. The van der Waals surface area contributed by atoms with Gasteiger partial charge < -0.3 is 5.11 Å². The topological polar surface area (TPSA) is 68.0 Å². The van der Waals surface area contributed by atoms with Crippen molar-refractivity contribution in [1.82, 2.24) is 14.8 Å². The molecule has 0 aliphatic carbocycles. The van der Waals surface area contributed by atoms with Crippen LogP contribution in [0.3, 0.4) is 0 Å². The molecule has 2 heterocycles. The molecule has 10 heteroatoms. The number of fused-ring (bicyclic) bond motifs is 1. The van der Waals surface area contributed by atoms with Gasteiger partial charge in [-0.3, -0.25) is 9.36 Å². The fraction of sp³-hybridized carbons (Fsp3) is 0.105. The van der Waals surface area contributed by atoms with Crippen LogP contribution >= 0.6 is 57.9 Å². The highest BCUT2D eigenvalue weighted by atomic mass is 35.5. The minimum atomic E-state index is -0.949. The maximum absolute atomic E-state index is 11.1. The quantitative estimate of drug-likeness (QED) is 0.323. The summed E-state index contributed by atoms with van der Waals surface area (Å²) >= 11 is 21.5. The van der Waals surface area contributed by atoms with Gasteiger partial charge in [0.2, 0.25) is 0 Å². The molecular formula is C19H12Cl3N3O2S2. The fourth-order valence-electron chi connectivity index (χ4n) is 2.81. The van der Waals surface area contributed by atoms with E-state index in [1.54, 1.807) is 22.8 Å². The van der Waals surface area contributed by atoms with Gasteiger partial charge in [-0.25, -0.2) is 0 Å². The summed E-state index contributed by atoms with van der Waals surface area (Å²) < 4.78 is 2.78. The van der Waals surface area contributed by atoms with Crippen LogP contribution in [-0.2, 0) is 4.79 Å². The number of carbonyl (C=O) groups is 1. The number of aliphatic carboxylic acids is 1. The summed E-state index contributed by atoms with van der Waals surface area (Å²) in [6, 6.07) is 11.2. The lowest BCUT2D eigenvalue weighted by atomic mass is 10.2. The van der Waals surface area contributed by atoms with Crippen molar-refractivity contribution in [3.05, 3.63) is 57.0 Å². The summed E-state index contributed by atoms with van der Waals surface area (Å²) in [5.41, 5.74) is 1.79. The van der Waals surface area contributed by atoms with Crippen molar-refractivity contribution in [1.29, 1.82) is 0 Å². The molecule has 0 radical (unpaired) electrons. The van der Waals surface area contributed by atoms with Crippen molar-refractivity contribution in [2.24, 2.45) is 0 Å². The lowest BCUT2D eigenvalue weighted by molar-refractivity contribution is -0.133. The van der Waals surface area contributed by atoms with E-state index in [4.69, 9.17) is 39.9 Å². The molecule has 0 fully saturated rings. The van der Waals surface area contributed by atoms with Gasteiger partial charge in [0.05, 0.1) is 31.4 Å². The first-order valence-corrected chi connectivity index (χ1v) is 11.2. The predicted octanol–water partition coefficient (Wildman–Crippen LogP) is 6.59. The van der Waals surface area contributed by atoms with Crippen molar-refractivity contribution in [2.75, 3.05) is 5.75 Å². The van der Waals surface area contributed by atoms with Crippen LogP contribution in [0.2, 0.25) is 15.1 Å². The first-order chi connectivity index (χ1) is 13.8. The molecule has 0 saturated carbocycles. The maximum atomic E-state index is 11.1. The highest BCUT2D eigenvalue weighted by Crippen LogP contribution is 2.43. The van der Waals surface area contributed by atoms with Crippen molar-refractivity contribution < 1.29 is 9.90 Å². The van der Waals surface area contributed by atoms with Gasteiger partial charge in [0.1, 0.15) is 0 Å². The number of benzene rings is 2. The molecular weight excluding hydrogens is 473 g/mol. The van der Waals surface area contributed by atoms with E-state index < -0.39 is 5.97 Å². The summed E-state index contributed by atoms with van der Waals surface area (Å²) in [5.74, 6) is -0.588. The third-order valence-corrected chi connectivity index (χ3v) is 7.41. The van der Waals surface area contributed by atoms with Crippen LogP contribution in [0.25, 0.3) is 26.5 Å². The third kappa shape index (κ3) is 3.98. The number of carboxylic acids is 1. The largest absolute Gasteiger partial charge is 0.481 e. The summed E-state index contributed by atoms with van der Waals surface area (Å²) in [4.78, 5) is 11.8. The van der Waals surface area contributed by atoms with Gasteiger partial charge in [0.15, 0.2) is 11.0 Å². The van der Waals surface area contributed by atoms with Gasteiger partial charge in [-0.15, -0.1) is 21.5 Å². The van der Waals surface area contributed by atoms with Crippen LogP contribution < -0.4 is 0 Å². The van der Waals surface area contributed by atoms with E-state index in [1.807, 2.05) is 19.1 Å². The van der Waals surface area contributed by atoms with E-state index in [2.05, 4.69) is 16.3 Å². The minimum Gasteiger partial charge on any atom is -0.481 e. The first kappa shape index (κ1) is 20.5. The molecule has 2 aromatic carbocycles. The normalized spacial score (nSPS) is 11.3. The number of carboxylic acid groups (broad SMARTS) is 1. The molecule has 4 aromatic rings. The number of aromatic nitrogens is 3. The van der Waals surface area contributed by atoms with Crippen LogP contribution in [0.15, 0.2) is 41.6 Å². The zero-order valence-corrected chi connectivity index (χ0v) is 18.7. The van der Waals surface area contributed by atoms with Crippen LogP contribution in [0.1, 0.15) is 5.56 Å². The van der Waals surface area contributed by atoms with Crippen LogP contribution in [0, 0.1) is 6.92 Å².